The molecule has 0 aromatic heterocycles. The molecular weight excluding hydrogens is 354 g/mol. The zero-order chi connectivity index (χ0) is 18.4. The molecule has 0 spiro atoms. The number of carbonyl (C=O) groups excluding carboxylic acids is 1. The number of hydrogen-bond donors (Lipinski definition) is 0. The summed E-state index contributed by atoms with van der Waals surface area (Å²) in [6.07, 6.45) is -0.603. The number of benzene rings is 2. The number of nitrogens with zero attached hydrogens (tertiary/aromatic N) is 1. The second-order valence-electron chi connectivity index (χ2n) is 6.08. The first-order valence-corrected chi connectivity index (χ1v) is 9.03. The maximum Gasteiger partial charge on any atom is 0.411 e. The molecule has 26 heavy (non-hydrogen) atoms. The molecule has 1 heterocycles. The number of alkyl halides is 1. The second kappa shape index (κ2) is 8.92. The predicted molar refractivity (Wildman–Crippen MR) is 99.3 cm³/mol. The lowest BCUT2D eigenvalue weighted by Gasteiger charge is -2.32. The highest BCUT2D eigenvalue weighted by Gasteiger charge is 2.27. The van der Waals surface area contributed by atoms with Gasteiger partial charge in [-0.2, -0.15) is 0 Å². The summed E-state index contributed by atoms with van der Waals surface area (Å²) >= 11 is 5.72. The molecule has 1 aliphatic rings. The molecule has 1 fully saturated rings. The van der Waals surface area contributed by atoms with Gasteiger partial charge in [-0.1, -0.05) is 54.1 Å². The van der Waals surface area contributed by atoms with Crippen LogP contribution in [0.2, 0.25) is 0 Å². The van der Waals surface area contributed by atoms with Gasteiger partial charge in [0.2, 0.25) is 0 Å². The van der Waals surface area contributed by atoms with Crippen molar-refractivity contribution in [1.82, 2.24) is 4.90 Å². The predicted octanol–water partition coefficient (Wildman–Crippen LogP) is 4.36. The molecule has 2 atom stereocenters. The van der Waals surface area contributed by atoms with Crippen LogP contribution in [0.4, 0.5) is 4.79 Å². The highest BCUT2D eigenvalue weighted by molar-refractivity contribution is 6.19. The van der Waals surface area contributed by atoms with E-state index in [2.05, 4.69) is 0 Å². The van der Waals surface area contributed by atoms with Crippen molar-refractivity contribution < 1.29 is 19.0 Å². The van der Waals surface area contributed by atoms with Crippen LogP contribution in [0.25, 0.3) is 0 Å². The fourth-order valence-corrected chi connectivity index (χ4v) is 2.83. The van der Waals surface area contributed by atoms with Gasteiger partial charge < -0.3 is 19.1 Å². The van der Waals surface area contributed by atoms with Crippen molar-refractivity contribution in [3.8, 4) is 5.75 Å². The number of ether oxygens (including phenoxy) is 3. The minimum Gasteiger partial charge on any atom is -0.489 e. The van der Waals surface area contributed by atoms with Gasteiger partial charge in [0.05, 0.1) is 13.2 Å². The highest BCUT2D eigenvalue weighted by Crippen LogP contribution is 2.25. The molecule has 2 aromatic rings. The molecule has 0 radical (unpaired) electrons. The number of hydrogen-bond acceptors (Lipinski definition) is 4. The fourth-order valence-electron chi connectivity index (χ4n) is 2.75. The number of amides is 1. The first-order valence-electron chi connectivity index (χ1n) is 8.60. The molecule has 0 bridgehead atoms. The minimum atomic E-state index is -0.648. The number of carbonyl (C=O) groups is 1. The molecule has 0 aliphatic carbocycles. The zero-order valence-corrected chi connectivity index (χ0v) is 15.4. The van der Waals surface area contributed by atoms with E-state index in [1.54, 1.807) is 11.8 Å². The molecule has 5 nitrogen and oxygen atoms in total. The topological polar surface area (TPSA) is 48.0 Å². The van der Waals surface area contributed by atoms with Crippen LogP contribution in [0.15, 0.2) is 54.6 Å². The van der Waals surface area contributed by atoms with Crippen LogP contribution in [0.1, 0.15) is 24.2 Å². The summed E-state index contributed by atoms with van der Waals surface area (Å²) in [5, 5.41) is 0. The monoisotopic (exact) mass is 375 g/mol. The standard InChI is InChI=1S/C20H22ClNO4/c1-15(21)26-20(23)22-11-12-24-19(13-22)17-7-9-18(10-8-17)25-14-16-5-3-2-4-6-16/h2-10,15,19H,11-14H2,1H3/t15?,19-/m0/s1. The Balaban J connectivity index is 1.56. The molecule has 0 N–H and O–H groups in total. The Hall–Kier alpha value is -2.24. The average Bonchev–Trinajstić information content (AvgIpc) is 2.67. The number of halogens is 1. The quantitative estimate of drug-likeness (QED) is 0.728. The number of morpholine rings is 1. The van der Waals surface area contributed by atoms with Crippen molar-refractivity contribution in [1.29, 1.82) is 0 Å². The lowest BCUT2D eigenvalue weighted by molar-refractivity contribution is -0.0296. The van der Waals surface area contributed by atoms with Crippen molar-refractivity contribution in [2.45, 2.75) is 25.2 Å². The third kappa shape index (κ3) is 5.13. The minimum absolute atomic E-state index is 0.190. The van der Waals surface area contributed by atoms with Crippen LogP contribution < -0.4 is 4.74 Å². The van der Waals surface area contributed by atoms with E-state index in [4.69, 9.17) is 25.8 Å². The van der Waals surface area contributed by atoms with E-state index in [0.717, 1.165) is 16.9 Å². The summed E-state index contributed by atoms with van der Waals surface area (Å²) < 4.78 is 16.6. The summed E-state index contributed by atoms with van der Waals surface area (Å²) in [5.41, 5.74) is 1.47. The first kappa shape index (κ1) is 18.5. The van der Waals surface area contributed by atoms with E-state index in [1.807, 2.05) is 54.6 Å². The molecule has 1 aliphatic heterocycles. The summed E-state index contributed by atoms with van der Waals surface area (Å²) in [7, 11) is 0. The molecule has 3 rings (SSSR count). The van der Waals surface area contributed by atoms with Crippen molar-refractivity contribution in [2.75, 3.05) is 19.7 Å². The first-order chi connectivity index (χ1) is 12.6. The maximum absolute atomic E-state index is 12.0. The van der Waals surface area contributed by atoms with E-state index in [9.17, 15) is 4.79 Å². The lowest BCUT2D eigenvalue weighted by atomic mass is 10.1. The van der Waals surface area contributed by atoms with Crippen molar-refractivity contribution in [3.63, 3.8) is 0 Å². The fraction of sp³-hybridized carbons (Fsp3) is 0.350. The Morgan fingerprint density at radius 2 is 1.96 bits per heavy atom. The smallest absolute Gasteiger partial charge is 0.411 e. The Morgan fingerprint density at radius 3 is 2.65 bits per heavy atom. The van der Waals surface area contributed by atoms with E-state index in [-0.39, 0.29) is 6.10 Å². The molecule has 2 aromatic carbocycles. The highest BCUT2D eigenvalue weighted by atomic mass is 35.5. The molecule has 1 amide bonds. The molecule has 1 saturated heterocycles. The van der Waals surface area contributed by atoms with Crippen LogP contribution in [0, 0.1) is 0 Å². The van der Waals surface area contributed by atoms with Crippen LogP contribution in [-0.2, 0) is 16.1 Å². The largest absolute Gasteiger partial charge is 0.489 e. The van der Waals surface area contributed by atoms with Gasteiger partial charge in [0.25, 0.3) is 0 Å². The summed E-state index contributed by atoms with van der Waals surface area (Å²) in [4.78, 5) is 13.6. The Bertz CT molecular complexity index is 706. The van der Waals surface area contributed by atoms with Crippen LogP contribution in [0.3, 0.4) is 0 Å². The van der Waals surface area contributed by atoms with Crippen LogP contribution in [0.5, 0.6) is 5.75 Å². The van der Waals surface area contributed by atoms with E-state index in [0.29, 0.717) is 26.3 Å². The summed E-state index contributed by atoms with van der Waals surface area (Å²) in [6, 6.07) is 17.8. The van der Waals surface area contributed by atoms with E-state index < -0.39 is 11.7 Å². The normalized spacial score (nSPS) is 18.2. The zero-order valence-electron chi connectivity index (χ0n) is 14.6. The Labute approximate surface area is 158 Å². The maximum atomic E-state index is 12.0. The van der Waals surface area contributed by atoms with Gasteiger partial charge in [0.1, 0.15) is 18.5 Å². The van der Waals surface area contributed by atoms with Gasteiger partial charge >= 0.3 is 6.09 Å². The summed E-state index contributed by atoms with van der Waals surface area (Å²) in [6.45, 7) is 3.54. The van der Waals surface area contributed by atoms with Crippen molar-refractivity contribution in [2.24, 2.45) is 0 Å². The Kier molecular flexibility index (Phi) is 6.36. The van der Waals surface area contributed by atoms with Gasteiger partial charge in [-0.3, -0.25) is 0 Å². The molecule has 0 saturated carbocycles. The van der Waals surface area contributed by atoms with Gasteiger partial charge in [-0.15, -0.1) is 0 Å². The molecule has 138 valence electrons. The third-order valence-electron chi connectivity index (χ3n) is 4.09. The second-order valence-corrected chi connectivity index (χ2v) is 6.69. The van der Waals surface area contributed by atoms with Crippen LogP contribution >= 0.6 is 11.6 Å². The van der Waals surface area contributed by atoms with Gasteiger partial charge in [0, 0.05) is 6.54 Å². The van der Waals surface area contributed by atoms with Gasteiger partial charge in [0.15, 0.2) is 5.56 Å². The van der Waals surface area contributed by atoms with E-state index >= 15 is 0 Å². The van der Waals surface area contributed by atoms with Crippen molar-refractivity contribution >= 4 is 17.7 Å². The van der Waals surface area contributed by atoms with Crippen molar-refractivity contribution in [3.05, 3.63) is 65.7 Å². The number of rotatable bonds is 5. The lowest BCUT2D eigenvalue weighted by Crippen LogP contribution is -2.43. The molecule has 1 unspecified atom stereocenters. The SMILES string of the molecule is CC(Cl)OC(=O)N1CCO[C@H](c2ccc(OCc3ccccc3)cc2)C1. The van der Waals surface area contributed by atoms with Gasteiger partial charge in [-0.25, -0.2) is 4.79 Å². The molecular formula is C20H22ClNO4. The Morgan fingerprint density at radius 1 is 1.23 bits per heavy atom. The van der Waals surface area contributed by atoms with Crippen LogP contribution in [-0.4, -0.2) is 36.3 Å². The molecule has 6 heteroatoms. The third-order valence-corrected chi connectivity index (χ3v) is 4.18. The summed E-state index contributed by atoms with van der Waals surface area (Å²) in [5.74, 6) is 0.792. The average molecular weight is 376 g/mol. The van der Waals surface area contributed by atoms with Gasteiger partial charge in [-0.05, 0) is 30.2 Å². The van der Waals surface area contributed by atoms with E-state index in [1.165, 1.54) is 0 Å².